The monoisotopic (exact) mass is 308 g/mol. The number of halogens is 3. The molecule has 2 aromatic carbocycles. The lowest BCUT2D eigenvalue weighted by Crippen LogP contribution is -2.04. The summed E-state index contributed by atoms with van der Waals surface area (Å²) in [6, 6.07) is 11.2. The van der Waals surface area contributed by atoms with Crippen molar-refractivity contribution >= 4 is 23.3 Å². The second-order valence-electron chi connectivity index (χ2n) is 4.83. The third-order valence-electron chi connectivity index (χ3n) is 3.30. The number of imidazole rings is 1. The number of alkyl halides is 3. The van der Waals surface area contributed by atoms with E-state index in [1.807, 2.05) is 31.2 Å². The third-order valence-corrected chi connectivity index (χ3v) is 3.59. The second kappa shape index (κ2) is 4.73. The molecule has 3 rings (SSSR count). The van der Waals surface area contributed by atoms with E-state index in [0.29, 0.717) is 15.8 Å². The fourth-order valence-corrected chi connectivity index (χ4v) is 2.55. The summed E-state index contributed by atoms with van der Waals surface area (Å²) in [5, 5.41) is 0. The molecule has 21 heavy (non-hydrogen) atoms. The Kier molecular flexibility index (Phi) is 3.13. The summed E-state index contributed by atoms with van der Waals surface area (Å²) < 4.78 is 40.3. The minimum atomic E-state index is -4.37. The molecule has 0 radical (unpaired) electrons. The Bertz CT molecular complexity index is 857. The van der Waals surface area contributed by atoms with Gasteiger partial charge in [-0.3, -0.25) is 4.57 Å². The summed E-state index contributed by atoms with van der Waals surface area (Å²) >= 11 is 5.23. The second-order valence-corrected chi connectivity index (χ2v) is 5.22. The molecule has 0 amide bonds. The first-order valence-electron chi connectivity index (χ1n) is 6.25. The van der Waals surface area contributed by atoms with Gasteiger partial charge in [0.05, 0.1) is 16.6 Å². The van der Waals surface area contributed by atoms with Gasteiger partial charge in [-0.25, -0.2) is 0 Å². The molecule has 0 aliphatic rings. The predicted molar refractivity (Wildman–Crippen MR) is 78.2 cm³/mol. The Morgan fingerprint density at radius 2 is 1.71 bits per heavy atom. The topological polar surface area (TPSA) is 20.7 Å². The molecule has 0 saturated carbocycles. The number of fused-ring (bicyclic) bond motifs is 1. The SMILES string of the molecule is Cc1ccc(-n2c(=S)[nH]c3cc(C(F)(F)F)ccc32)cc1. The fraction of sp³-hybridized carbons (Fsp3) is 0.133. The average Bonchev–Trinajstić information content (AvgIpc) is 2.74. The van der Waals surface area contributed by atoms with Gasteiger partial charge in [0.15, 0.2) is 4.77 Å². The summed E-state index contributed by atoms with van der Waals surface area (Å²) in [4.78, 5) is 2.83. The van der Waals surface area contributed by atoms with E-state index in [9.17, 15) is 13.2 Å². The molecule has 0 aliphatic heterocycles. The lowest BCUT2D eigenvalue weighted by Gasteiger charge is -2.08. The van der Waals surface area contributed by atoms with Crippen molar-refractivity contribution in [1.29, 1.82) is 0 Å². The number of hydrogen-bond acceptors (Lipinski definition) is 1. The van der Waals surface area contributed by atoms with Crippen LogP contribution in [-0.4, -0.2) is 9.55 Å². The summed E-state index contributed by atoms with van der Waals surface area (Å²) in [5.41, 5.74) is 2.22. The van der Waals surface area contributed by atoms with Crippen molar-refractivity contribution in [3.8, 4) is 5.69 Å². The number of rotatable bonds is 1. The van der Waals surface area contributed by atoms with Gasteiger partial charge in [0, 0.05) is 5.69 Å². The van der Waals surface area contributed by atoms with Crippen molar-refractivity contribution < 1.29 is 13.2 Å². The maximum Gasteiger partial charge on any atom is 0.416 e. The van der Waals surface area contributed by atoms with E-state index in [2.05, 4.69) is 4.98 Å². The molecular weight excluding hydrogens is 297 g/mol. The van der Waals surface area contributed by atoms with Gasteiger partial charge in [0.2, 0.25) is 0 Å². The Labute approximate surface area is 123 Å². The van der Waals surface area contributed by atoms with Crippen LogP contribution in [0.3, 0.4) is 0 Å². The van der Waals surface area contributed by atoms with Crippen LogP contribution in [0.25, 0.3) is 16.7 Å². The number of nitrogens with zero attached hydrogens (tertiary/aromatic N) is 1. The number of nitrogens with one attached hydrogen (secondary N) is 1. The van der Waals surface area contributed by atoms with Crippen molar-refractivity contribution in [1.82, 2.24) is 9.55 Å². The average molecular weight is 308 g/mol. The fourth-order valence-electron chi connectivity index (χ4n) is 2.24. The van der Waals surface area contributed by atoms with Crippen LogP contribution in [0.15, 0.2) is 42.5 Å². The van der Waals surface area contributed by atoms with Gasteiger partial charge in [-0.2, -0.15) is 13.2 Å². The number of aryl methyl sites for hydroxylation is 1. The van der Waals surface area contributed by atoms with Crippen molar-refractivity contribution in [3.05, 3.63) is 58.4 Å². The number of aromatic amines is 1. The van der Waals surface area contributed by atoms with E-state index in [4.69, 9.17) is 12.2 Å². The van der Waals surface area contributed by atoms with Gasteiger partial charge in [0.1, 0.15) is 0 Å². The molecule has 1 aromatic heterocycles. The smallest absolute Gasteiger partial charge is 0.330 e. The molecule has 1 N–H and O–H groups in total. The molecule has 0 spiro atoms. The van der Waals surface area contributed by atoms with Crippen LogP contribution in [0.1, 0.15) is 11.1 Å². The minimum absolute atomic E-state index is 0.369. The van der Waals surface area contributed by atoms with Crippen molar-refractivity contribution in [2.75, 3.05) is 0 Å². The van der Waals surface area contributed by atoms with Crippen LogP contribution >= 0.6 is 12.2 Å². The van der Waals surface area contributed by atoms with Gasteiger partial charge in [-0.1, -0.05) is 17.7 Å². The van der Waals surface area contributed by atoms with Crippen molar-refractivity contribution in [3.63, 3.8) is 0 Å². The normalized spacial score (nSPS) is 12.0. The zero-order valence-corrected chi connectivity index (χ0v) is 11.8. The van der Waals surface area contributed by atoms with Crippen LogP contribution in [0.4, 0.5) is 13.2 Å². The van der Waals surface area contributed by atoms with Gasteiger partial charge >= 0.3 is 6.18 Å². The van der Waals surface area contributed by atoms with Gasteiger partial charge in [-0.15, -0.1) is 0 Å². The van der Waals surface area contributed by atoms with E-state index in [1.165, 1.54) is 6.07 Å². The Balaban J connectivity index is 2.23. The largest absolute Gasteiger partial charge is 0.416 e. The van der Waals surface area contributed by atoms with E-state index >= 15 is 0 Å². The number of hydrogen-bond donors (Lipinski definition) is 1. The van der Waals surface area contributed by atoms with E-state index < -0.39 is 11.7 Å². The summed E-state index contributed by atoms with van der Waals surface area (Å²) in [5.74, 6) is 0. The van der Waals surface area contributed by atoms with Crippen LogP contribution in [-0.2, 0) is 6.18 Å². The highest BCUT2D eigenvalue weighted by atomic mass is 32.1. The van der Waals surface area contributed by atoms with Crippen LogP contribution < -0.4 is 0 Å². The number of aromatic nitrogens is 2. The van der Waals surface area contributed by atoms with E-state index in [1.54, 1.807) is 4.57 Å². The Hall–Kier alpha value is -2.08. The molecule has 0 unspecified atom stereocenters. The molecule has 108 valence electrons. The predicted octanol–water partition coefficient (Wildman–Crippen LogP) is 5.02. The van der Waals surface area contributed by atoms with Crippen LogP contribution in [0, 0.1) is 11.7 Å². The molecule has 3 aromatic rings. The van der Waals surface area contributed by atoms with Gasteiger partial charge in [0.25, 0.3) is 0 Å². The quantitative estimate of drug-likeness (QED) is 0.626. The molecule has 0 saturated heterocycles. The summed E-state index contributed by atoms with van der Waals surface area (Å²) in [6.45, 7) is 1.97. The van der Waals surface area contributed by atoms with Gasteiger partial charge < -0.3 is 4.98 Å². The summed E-state index contributed by atoms with van der Waals surface area (Å²) in [7, 11) is 0. The van der Waals surface area contributed by atoms with E-state index in [0.717, 1.165) is 23.4 Å². The molecule has 0 atom stereocenters. The lowest BCUT2D eigenvalue weighted by atomic mass is 10.2. The first-order valence-corrected chi connectivity index (χ1v) is 6.66. The highest BCUT2D eigenvalue weighted by Gasteiger charge is 2.30. The molecule has 2 nitrogen and oxygen atoms in total. The Morgan fingerprint density at radius 1 is 1.05 bits per heavy atom. The molecule has 0 aliphatic carbocycles. The maximum atomic E-state index is 12.7. The van der Waals surface area contributed by atoms with Gasteiger partial charge in [-0.05, 0) is 49.5 Å². The maximum absolute atomic E-state index is 12.7. The van der Waals surface area contributed by atoms with Crippen LogP contribution in [0.2, 0.25) is 0 Å². The lowest BCUT2D eigenvalue weighted by molar-refractivity contribution is -0.137. The zero-order chi connectivity index (χ0) is 15.2. The molecular formula is C15H11F3N2S. The first-order chi connectivity index (χ1) is 9.86. The Morgan fingerprint density at radius 3 is 2.33 bits per heavy atom. The van der Waals surface area contributed by atoms with Crippen molar-refractivity contribution in [2.24, 2.45) is 0 Å². The molecule has 0 bridgehead atoms. The number of benzene rings is 2. The molecule has 0 fully saturated rings. The molecule has 1 heterocycles. The standard InChI is InChI=1S/C15H11F3N2S/c1-9-2-5-11(6-3-9)20-13-7-4-10(15(16,17)18)8-12(13)19-14(20)21/h2-8H,1H3,(H,19,21). The molecule has 6 heteroatoms. The first kappa shape index (κ1) is 13.9. The third kappa shape index (κ3) is 2.47. The van der Waals surface area contributed by atoms with Crippen molar-refractivity contribution in [2.45, 2.75) is 13.1 Å². The minimum Gasteiger partial charge on any atom is -0.330 e. The number of H-pyrrole nitrogens is 1. The zero-order valence-electron chi connectivity index (χ0n) is 11.0. The summed E-state index contributed by atoms with van der Waals surface area (Å²) in [6.07, 6.45) is -4.37. The van der Waals surface area contributed by atoms with E-state index in [-0.39, 0.29) is 0 Å². The van der Waals surface area contributed by atoms with Crippen LogP contribution in [0.5, 0.6) is 0 Å². The highest BCUT2D eigenvalue weighted by molar-refractivity contribution is 7.71. The highest BCUT2D eigenvalue weighted by Crippen LogP contribution is 2.31.